The normalized spacial score (nSPS) is 10.4. The van der Waals surface area contributed by atoms with Crippen molar-refractivity contribution >= 4 is 6.47 Å². The molecule has 0 aliphatic heterocycles. The standard InChI is InChI=1S/C17H26O2/c1-3-5-7-9-15-11-12-16(10-8-6-4-2)17(13-15)19-14-18/h11-14H,3-10H2,1-2H3. The lowest BCUT2D eigenvalue weighted by Gasteiger charge is -2.10. The molecule has 0 unspecified atom stereocenters. The Labute approximate surface area is 117 Å². The van der Waals surface area contributed by atoms with E-state index in [1.165, 1.54) is 37.7 Å². The largest absolute Gasteiger partial charge is 0.428 e. The van der Waals surface area contributed by atoms with Crippen molar-refractivity contribution in [1.29, 1.82) is 0 Å². The lowest BCUT2D eigenvalue weighted by Crippen LogP contribution is -1.97. The van der Waals surface area contributed by atoms with Crippen LogP contribution < -0.4 is 4.74 Å². The third-order valence-corrected chi connectivity index (χ3v) is 3.43. The van der Waals surface area contributed by atoms with Crippen molar-refractivity contribution in [1.82, 2.24) is 0 Å². The zero-order chi connectivity index (χ0) is 13.9. The van der Waals surface area contributed by atoms with Gasteiger partial charge < -0.3 is 4.74 Å². The fourth-order valence-electron chi connectivity index (χ4n) is 2.27. The molecule has 1 aromatic rings. The number of carbonyl (C=O) groups is 1. The summed E-state index contributed by atoms with van der Waals surface area (Å²) in [4.78, 5) is 10.6. The highest BCUT2D eigenvalue weighted by atomic mass is 16.5. The van der Waals surface area contributed by atoms with Gasteiger partial charge in [0.15, 0.2) is 0 Å². The van der Waals surface area contributed by atoms with Gasteiger partial charge in [-0.1, -0.05) is 51.7 Å². The van der Waals surface area contributed by atoms with E-state index >= 15 is 0 Å². The molecule has 106 valence electrons. The summed E-state index contributed by atoms with van der Waals surface area (Å²) < 4.78 is 5.13. The molecule has 19 heavy (non-hydrogen) atoms. The van der Waals surface area contributed by atoms with Crippen LogP contribution in [0.1, 0.15) is 63.5 Å². The minimum absolute atomic E-state index is 0.536. The molecule has 1 rings (SSSR count). The number of hydrogen-bond acceptors (Lipinski definition) is 2. The molecule has 2 nitrogen and oxygen atoms in total. The first-order valence-corrected chi connectivity index (χ1v) is 7.53. The van der Waals surface area contributed by atoms with Gasteiger partial charge in [0.25, 0.3) is 6.47 Å². The van der Waals surface area contributed by atoms with Crippen LogP contribution in [0.5, 0.6) is 5.75 Å². The third kappa shape index (κ3) is 5.91. The Morgan fingerprint density at radius 1 is 1.00 bits per heavy atom. The summed E-state index contributed by atoms with van der Waals surface area (Å²) >= 11 is 0. The van der Waals surface area contributed by atoms with Crippen LogP contribution in [0.25, 0.3) is 0 Å². The first-order valence-electron chi connectivity index (χ1n) is 7.53. The smallest absolute Gasteiger partial charge is 0.298 e. The fourth-order valence-corrected chi connectivity index (χ4v) is 2.27. The SMILES string of the molecule is CCCCCc1ccc(CCCCC)c(OC=O)c1. The summed E-state index contributed by atoms with van der Waals surface area (Å²) in [5.74, 6) is 0.750. The predicted molar refractivity (Wildman–Crippen MR) is 79.6 cm³/mol. The van der Waals surface area contributed by atoms with Crippen molar-refractivity contribution in [2.24, 2.45) is 0 Å². The topological polar surface area (TPSA) is 26.3 Å². The molecule has 0 aliphatic rings. The quantitative estimate of drug-likeness (QED) is 0.452. The van der Waals surface area contributed by atoms with Crippen LogP contribution in [0.15, 0.2) is 18.2 Å². The van der Waals surface area contributed by atoms with Gasteiger partial charge >= 0.3 is 0 Å². The van der Waals surface area contributed by atoms with Crippen LogP contribution in [0.2, 0.25) is 0 Å². The van der Waals surface area contributed by atoms with E-state index in [0.717, 1.165) is 30.6 Å². The Balaban J connectivity index is 2.67. The minimum atomic E-state index is 0.536. The number of carbonyl (C=O) groups excluding carboxylic acids is 1. The Bertz CT molecular complexity index is 372. The highest BCUT2D eigenvalue weighted by Crippen LogP contribution is 2.23. The lowest BCUT2D eigenvalue weighted by molar-refractivity contribution is -0.120. The van der Waals surface area contributed by atoms with E-state index < -0.39 is 0 Å². The number of ether oxygens (including phenoxy) is 1. The summed E-state index contributed by atoms with van der Waals surface area (Å²) in [6.45, 7) is 4.94. The molecule has 0 saturated carbocycles. The molecule has 0 saturated heterocycles. The highest BCUT2D eigenvalue weighted by Gasteiger charge is 2.05. The van der Waals surface area contributed by atoms with Gasteiger partial charge in [0.05, 0.1) is 0 Å². The molecule has 2 heteroatoms. The maximum absolute atomic E-state index is 10.6. The second kappa shape index (κ2) is 9.60. The summed E-state index contributed by atoms with van der Waals surface area (Å²) in [7, 11) is 0. The number of benzene rings is 1. The van der Waals surface area contributed by atoms with Gasteiger partial charge in [-0.3, -0.25) is 4.79 Å². The number of rotatable bonds is 10. The fraction of sp³-hybridized carbons (Fsp3) is 0.588. The van der Waals surface area contributed by atoms with Crippen LogP contribution in [-0.2, 0) is 17.6 Å². The third-order valence-electron chi connectivity index (χ3n) is 3.43. The molecule has 0 radical (unpaired) electrons. The van der Waals surface area contributed by atoms with E-state index in [-0.39, 0.29) is 0 Å². The number of hydrogen-bond donors (Lipinski definition) is 0. The second-order valence-corrected chi connectivity index (χ2v) is 5.07. The highest BCUT2D eigenvalue weighted by molar-refractivity contribution is 5.49. The van der Waals surface area contributed by atoms with Crippen molar-refractivity contribution in [3.8, 4) is 5.75 Å². The van der Waals surface area contributed by atoms with Gasteiger partial charge in [-0.15, -0.1) is 0 Å². The van der Waals surface area contributed by atoms with Crippen LogP contribution >= 0.6 is 0 Å². The Hall–Kier alpha value is -1.31. The zero-order valence-electron chi connectivity index (χ0n) is 12.3. The van der Waals surface area contributed by atoms with E-state index in [1.807, 2.05) is 6.07 Å². The van der Waals surface area contributed by atoms with Crippen molar-refractivity contribution in [3.63, 3.8) is 0 Å². The van der Waals surface area contributed by atoms with Crippen LogP contribution in [0, 0.1) is 0 Å². The first kappa shape index (κ1) is 15.7. The lowest BCUT2D eigenvalue weighted by atomic mass is 10.0. The molecule has 0 fully saturated rings. The van der Waals surface area contributed by atoms with Gasteiger partial charge in [-0.05, 0) is 42.9 Å². The van der Waals surface area contributed by atoms with Crippen LogP contribution in [0.3, 0.4) is 0 Å². The second-order valence-electron chi connectivity index (χ2n) is 5.07. The van der Waals surface area contributed by atoms with Crippen LogP contribution in [0.4, 0.5) is 0 Å². The summed E-state index contributed by atoms with van der Waals surface area (Å²) in [6, 6.07) is 6.33. The minimum Gasteiger partial charge on any atom is -0.428 e. The van der Waals surface area contributed by atoms with Crippen molar-refractivity contribution in [2.75, 3.05) is 0 Å². The Morgan fingerprint density at radius 2 is 1.68 bits per heavy atom. The van der Waals surface area contributed by atoms with E-state index in [1.54, 1.807) is 0 Å². The molecular weight excluding hydrogens is 236 g/mol. The summed E-state index contributed by atoms with van der Waals surface area (Å²) in [5, 5.41) is 0. The summed E-state index contributed by atoms with van der Waals surface area (Å²) in [6.07, 6.45) is 9.32. The van der Waals surface area contributed by atoms with Crippen LogP contribution in [-0.4, -0.2) is 6.47 Å². The molecule has 1 aromatic carbocycles. The molecular formula is C17H26O2. The average molecular weight is 262 g/mol. The Kier molecular flexibility index (Phi) is 7.95. The van der Waals surface area contributed by atoms with Gasteiger partial charge in [0.1, 0.15) is 5.75 Å². The molecule has 0 bridgehead atoms. The van der Waals surface area contributed by atoms with Gasteiger partial charge in [0, 0.05) is 0 Å². The Morgan fingerprint density at radius 3 is 2.32 bits per heavy atom. The molecule has 0 N–H and O–H groups in total. The number of unbranched alkanes of at least 4 members (excludes halogenated alkanes) is 4. The maximum atomic E-state index is 10.6. The van der Waals surface area contributed by atoms with E-state index in [0.29, 0.717) is 6.47 Å². The molecule has 0 heterocycles. The summed E-state index contributed by atoms with van der Waals surface area (Å²) in [5.41, 5.74) is 2.42. The first-order chi connectivity index (χ1) is 9.31. The maximum Gasteiger partial charge on any atom is 0.298 e. The van der Waals surface area contributed by atoms with E-state index in [4.69, 9.17) is 4.74 Å². The molecule has 0 aromatic heterocycles. The number of aryl methyl sites for hydroxylation is 2. The van der Waals surface area contributed by atoms with Crippen molar-refractivity contribution < 1.29 is 9.53 Å². The van der Waals surface area contributed by atoms with Crippen molar-refractivity contribution in [3.05, 3.63) is 29.3 Å². The average Bonchev–Trinajstić information content (AvgIpc) is 2.42. The zero-order valence-corrected chi connectivity index (χ0v) is 12.3. The predicted octanol–water partition coefficient (Wildman–Crippen LogP) is 4.69. The molecule has 0 spiro atoms. The van der Waals surface area contributed by atoms with Gasteiger partial charge in [-0.2, -0.15) is 0 Å². The molecule has 0 aliphatic carbocycles. The van der Waals surface area contributed by atoms with E-state index in [9.17, 15) is 4.79 Å². The molecule has 0 atom stereocenters. The van der Waals surface area contributed by atoms with Gasteiger partial charge in [0.2, 0.25) is 0 Å². The van der Waals surface area contributed by atoms with Gasteiger partial charge in [-0.25, -0.2) is 0 Å². The molecule has 0 amide bonds. The monoisotopic (exact) mass is 262 g/mol. The van der Waals surface area contributed by atoms with Crippen molar-refractivity contribution in [2.45, 2.75) is 65.2 Å². The van der Waals surface area contributed by atoms with E-state index in [2.05, 4.69) is 26.0 Å².